The predicted octanol–water partition coefficient (Wildman–Crippen LogP) is 4.40. The summed E-state index contributed by atoms with van der Waals surface area (Å²) in [4.78, 5) is 30.6. The van der Waals surface area contributed by atoms with Crippen LogP contribution in [0.5, 0.6) is 5.75 Å². The molecule has 1 amide bonds. The molecule has 7 heteroatoms. The van der Waals surface area contributed by atoms with Gasteiger partial charge in [-0.15, -0.1) is 0 Å². The lowest BCUT2D eigenvalue weighted by atomic mass is 9.99. The Bertz CT molecular complexity index is 1330. The minimum atomic E-state index is -0.921. The van der Waals surface area contributed by atoms with Gasteiger partial charge in [0.05, 0.1) is 18.9 Å². The van der Waals surface area contributed by atoms with Gasteiger partial charge in [-0.3, -0.25) is 14.5 Å². The summed E-state index contributed by atoms with van der Waals surface area (Å²) < 4.78 is 10.8. The third-order valence-electron chi connectivity index (χ3n) is 5.43. The molecule has 2 aromatic carbocycles. The van der Waals surface area contributed by atoms with Crippen molar-refractivity contribution < 1.29 is 23.8 Å². The van der Waals surface area contributed by atoms with Crippen LogP contribution in [-0.4, -0.2) is 28.9 Å². The van der Waals surface area contributed by atoms with Crippen LogP contribution < -0.4 is 9.64 Å². The number of ketones is 1. The summed E-state index contributed by atoms with van der Waals surface area (Å²) in [5.41, 5.74) is 1.67. The van der Waals surface area contributed by atoms with Crippen molar-refractivity contribution in [1.82, 2.24) is 4.98 Å². The Labute approximate surface area is 177 Å². The average molecular weight is 414 g/mol. The number of aromatic nitrogens is 1. The van der Waals surface area contributed by atoms with Gasteiger partial charge in [-0.1, -0.05) is 24.3 Å². The molecule has 1 aliphatic rings. The number of hydrogen-bond donors (Lipinski definition) is 2. The molecule has 31 heavy (non-hydrogen) atoms. The van der Waals surface area contributed by atoms with Crippen molar-refractivity contribution in [2.24, 2.45) is 0 Å². The van der Waals surface area contributed by atoms with Crippen molar-refractivity contribution in [2.75, 3.05) is 12.0 Å². The van der Waals surface area contributed by atoms with E-state index in [1.54, 1.807) is 42.6 Å². The number of fused-ring (bicyclic) bond motifs is 1. The van der Waals surface area contributed by atoms with Crippen molar-refractivity contribution in [1.29, 1.82) is 0 Å². The first-order chi connectivity index (χ1) is 15.1. The third-order valence-corrected chi connectivity index (χ3v) is 5.43. The lowest BCUT2D eigenvalue weighted by Gasteiger charge is -2.23. The molecule has 2 aromatic heterocycles. The standard InChI is InChI=1S/C24H18N2O5/c1-30-15-7-4-6-14(12-15)26-21(19-10-5-11-31-19)20(23(28)24(26)29)22(27)17-13-25-18-9-3-2-8-16(17)18/h2-13,21,25,27H,1H3/b22-20-. The number of aliphatic hydroxyl groups excluding tert-OH is 1. The van der Waals surface area contributed by atoms with Gasteiger partial charge in [0.2, 0.25) is 0 Å². The number of amides is 1. The highest BCUT2D eigenvalue weighted by Gasteiger charge is 2.48. The van der Waals surface area contributed by atoms with Crippen molar-refractivity contribution in [3.05, 3.63) is 90.0 Å². The van der Waals surface area contributed by atoms with Gasteiger partial charge >= 0.3 is 0 Å². The van der Waals surface area contributed by atoms with Gasteiger partial charge in [0.15, 0.2) is 0 Å². The second-order valence-corrected chi connectivity index (χ2v) is 7.13. The number of aliphatic hydroxyl groups is 1. The minimum Gasteiger partial charge on any atom is -0.507 e. The van der Waals surface area contributed by atoms with Crippen molar-refractivity contribution in [3.63, 3.8) is 0 Å². The Balaban J connectivity index is 1.74. The second kappa shape index (κ2) is 7.21. The molecule has 4 aromatic rings. The fraction of sp³-hybridized carbons (Fsp3) is 0.0833. The van der Waals surface area contributed by atoms with Crippen LogP contribution in [0.1, 0.15) is 17.4 Å². The molecule has 1 saturated heterocycles. The van der Waals surface area contributed by atoms with Crippen LogP contribution in [-0.2, 0) is 9.59 Å². The zero-order chi connectivity index (χ0) is 21.5. The fourth-order valence-electron chi connectivity index (χ4n) is 3.99. The highest BCUT2D eigenvalue weighted by molar-refractivity contribution is 6.51. The van der Waals surface area contributed by atoms with E-state index < -0.39 is 17.7 Å². The number of anilines is 1. The van der Waals surface area contributed by atoms with Crippen molar-refractivity contribution in [3.8, 4) is 5.75 Å². The lowest BCUT2D eigenvalue weighted by molar-refractivity contribution is -0.132. The normalized spacial score (nSPS) is 18.1. The minimum absolute atomic E-state index is 0.0347. The molecule has 0 spiro atoms. The van der Waals surface area contributed by atoms with Crippen LogP contribution in [0.25, 0.3) is 16.7 Å². The Kier molecular flexibility index (Phi) is 4.36. The maximum atomic E-state index is 13.1. The smallest absolute Gasteiger partial charge is 0.300 e. The number of benzene rings is 2. The van der Waals surface area contributed by atoms with E-state index in [9.17, 15) is 14.7 Å². The number of carbonyl (C=O) groups excluding carboxylic acids is 2. The monoisotopic (exact) mass is 414 g/mol. The van der Waals surface area contributed by atoms with Gasteiger partial charge < -0.3 is 19.2 Å². The number of methoxy groups -OCH3 is 1. The number of H-pyrrole nitrogens is 1. The first-order valence-electron chi connectivity index (χ1n) is 9.65. The summed E-state index contributed by atoms with van der Waals surface area (Å²) in [6, 6.07) is 16.7. The first kappa shape index (κ1) is 18.7. The summed E-state index contributed by atoms with van der Waals surface area (Å²) >= 11 is 0. The molecule has 3 heterocycles. The molecular formula is C24H18N2O5. The number of hydrogen-bond acceptors (Lipinski definition) is 5. The number of para-hydroxylation sites is 1. The van der Waals surface area contributed by atoms with Gasteiger partial charge in [0, 0.05) is 34.4 Å². The molecule has 1 atom stereocenters. The van der Waals surface area contributed by atoms with Crippen LogP contribution in [0, 0.1) is 0 Å². The third kappa shape index (κ3) is 2.90. The Hall–Kier alpha value is -4.26. The maximum Gasteiger partial charge on any atom is 0.300 e. The highest BCUT2D eigenvalue weighted by Crippen LogP contribution is 2.43. The summed E-state index contributed by atoms with van der Waals surface area (Å²) in [6.07, 6.45) is 3.09. The molecule has 154 valence electrons. The fourth-order valence-corrected chi connectivity index (χ4v) is 3.99. The maximum absolute atomic E-state index is 13.1. The van der Waals surface area contributed by atoms with Crippen LogP contribution >= 0.6 is 0 Å². The molecular weight excluding hydrogens is 396 g/mol. The second-order valence-electron chi connectivity index (χ2n) is 7.13. The summed E-state index contributed by atoms with van der Waals surface area (Å²) in [5.74, 6) is -0.900. The summed E-state index contributed by atoms with van der Waals surface area (Å²) in [7, 11) is 1.52. The molecule has 0 bridgehead atoms. The quantitative estimate of drug-likeness (QED) is 0.293. The average Bonchev–Trinajstić information content (AvgIpc) is 3.52. The first-order valence-corrected chi connectivity index (χ1v) is 9.65. The number of carbonyl (C=O) groups is 2. The van der Waals surface area contributed by atoms with Crippen LogP contribution in [0.4, 0.5) is 5.69 Å². The van der Waals surface area contributed by atoms with Crippen LogP contribution in [0.2, 0.25) is 0 Å². The molecule has 1 aliphatic heterocycles. The van der Waals surface area contributed by atoms with E-state index in [0.717, 1.165) is 10.9 Å². The Morgan fingerprint density at radius 1 is 1.10 bits per heavy atom. The molecule has 0 aliphatic carbocycles. The van der Waals surface area contributed by atoms with E-state index in [2.05, 4.69) is 4.98 Å². The molecule has 0 saturated carbocycles. The van der Waals surface area contributed by atoms with Gasteiger partial charge in [-0.05, 0) is 30.3 Å². The number of Topliss-reactive ketones (excluding diaryl/α,β-unsaturated/α-hetero) is 1. The summed E-state index contributed by atoms with van der Waals surface area (Å²) in [6.45, 7) is 0. The highest BCUT2D eigenvalue weighted by atomic mass is 16.5. The van der Waals surface area contributed by atoms with E-state index >= 15 is 0 Å². The van der Waals surface area contributed by atoms with Gasteiger partial charge in [0.25, 0.3) is 11.7 Å². The molecule has 1 unspecified atom stereocenters. The Morgan fingerprint density at radius 3 is 2.71 bits per heavy atom. The summed E-state index contributed by atoms with van der Waals surface area (Å²) in [5, 5.41) is 12.0. The van der Waals surface area contributed by atoms with Gasteiger partial charge in [0.1, 0.15) is 23.3 Å². The van der Waals surface area contributed by atoms with E-state index in [1.807, 2.05) is 24.3 Å². The zero-order valence-corrected chi connectivity index (χ0v) is 16.5. The molecule has 2 N–H and O–H groups in total. The lowest BCUT2D eigenvalue weighted by Crippen LogP contribution is -2.29. The van der Waals surface area contributed by atoms with Gasteiger partial charge in [-0.2, -0.15) is 0 Å². The number of aromatic amines is 1. The molecule has 7 nitrogen and oxygen atoms in total. The Morgan fingerprint density at radius 2 is 1.94 bits per heavy atom. The topological polar surface area (TPSA) is 95.8 Å². The number of furan rings is 1. The van der Waals surface area contributed by atoms with E-state index in [4.69, 9.17) is 9.15 Å². The molecule has 5 rings (SSSR count). The largest absolute Gasteiger partial charge is 0.507 e. The number of nitrogens with one attached hydrogen (secondary N) is 1. The predicted molar refractivity (Wildman–Crippen MR) is 115 cm³/mol. The van der Waals surface area contributed by atoms with Crippen molar-refractivity contribution in [2.45, 2.75) is 6.04 Å². The van der Waals surface area contributed by atoms with Gasteiger partial charge in [-0.25, -0.2) is 0 Å². The SMILES string of the molecule is COc1cccc(N2C(=O)C(=O)/C(=C(\O)c3c[nH]c4ccccc34)C2c2ccco2)c1. The number of rotatable bonds is 4. The van der Waals surface area contributed by atoms with Crippen LogP contribution in [0.3, 0.4) is 0 Å². The van der Waals surface area contributed by atoms with E-state index in [0.29, 0.717) is 22.8 Å². The van der Waals surface area contributed by atoms with E-state index in [-0.39, 0.29) is 11.3 Å². The van der Waals surface area contributed by atoms with Crippen molar-refractivity contribution >= 4 is 34.0 Å². The molecule has 1 fully saturated rings. The number of nitrogens with zero attached hydrogens (tertiary/aromatic N) is 1. The zero-order valence-electron chi connectivity index (χ0n) is 16.5. The number of ether oxygens (including phenoxy) is 1. The van der Waals surface area contributed by atoms with Crippen LogP contribution in [0.15, 0.2) is 83.1 Å². The van der Waals surface area contributed by atoms with E-state index in [1.165, 1.54) is 18.3 Å². The molecule has 0 radical (unpaired) electrons.